The maximum Gasteiger partial charge on any atom is 0.295 e. The van der Waals surface area contributed by atoms with E-state index in [4.69, 9.17) is 9.84 Å². The minimum Gasteiger partial charge on any atom is -0.507 e. The standard InChI is InChI=1S/C25H29NO5/c1-4-5-11-26-22(18-7-6-8-19(15-18)31-13-12-27)21(24(29)25(26)30)23(28)20-14-16(2)9-10-17(20)3/h6-10,14-15,22,27-28H,4-5,11-13H2,1-3H3/b23-21+. The first-order valence-electron chi connectivity index (χ1n) is 10.6. The molecule has 3 rings (SSSR count). The van der Waals surface area contributed by atoms with Gasteiger partial charge < -0.3 is 19.8 Å². The number of ketones is 1. The Kier molecular flexibility index (Phi) is 7.13. The van der Waals surface area contributed by atoms with Crippen molar-refractivity contribution >= 4 is 17.4 Å². The third-order valence-electron chi connectivity index (χ3n) is 5.47. The fraction of sp³-hybridized carbons (Fsp3) is 0.360. The van der Waals surface area contributed by atoms with Gasteiger partial charge in [-0.05, 0) is 49.6 Å². The Morgan fingerprint density at radius 2 is 1.90 bits per heavy atom. The lowest BCUT2D eigenvalue weighted by molar-refractivity contribution is -0.139. The number of aryl methyl sites for hydroxylation is 2. The maximum atomic E-state index is 13.1. The van der Waals surface area contributed by atoms with Crippen LogP contribution < -0.4 is 4.74 Å². The molecule has 0 saturated carbocycles. The van der Waals surface area contributed by atoms with Gasteiger partial charge in [-0.3, -0.25) is 9.59 Å². The van der Waals surface area contributed by atoms with Gasteiger partial charge in [-0.2, -0.15) is 0 Å². The maximum absolute atomic E-state index is 13.1. The second kappa shape index (κ2) is 9.79. The van der Waals surface area contributed by atoms with Gasteiger partial charge in [0.2, 0.25) is 0 Å². The lowest BCUT2D eigenvalue weighted by atomic mass is 9.93. The van der Waals surface area contributed by atoms with Crippen LogP contribution in [0.4, 0.5) is 0 Å². The number of aliphatic hydroxyl groups excluding tert-OH is 2. The molecule has 6 heteroatoms. The molecule has 1 atom stereocenters. The molecular formula is C25H29NO5. The molecule has 0 radical (unpaired) electrons. The predicted octanol–water partition coefficient (Wildman–Crippen LogP) is 3.90. The fourth-order valence-electron chi connectivity index (χ4n) is 3.86. The number of Topliss-reactive ketones (excluding diaryl/α,β-unsaturated/α-hetero) is 1. The normalized spacial score (nSPS) is 17.9. The van der Waals surface area contributed by atoms with Gasteiger partial charge in [0.15, 0.2) is 0 Å². The molecule has 2 aromatic carbocycles. The summed E-state index contributed by atoms with van der Waals surface area (Å²) in [4.78, 5) is 27.5. The van der Waals surface area contributed by atoms with Crippen molar-refractivity contribution < 1.29 is 24.5 Å². The van der Waals surface area contributed by atoms with Gasteiger partial charge >= 0.3 is 0 Å². The molecular weight excluding hydrogens is 394 g/mol. The van der Waals surface area contributed by atoms with E-state index in [1.807, 2.05) is 45.0 Å². The molecule has 0 aliphatic carbocycles. The number of carbonyl (C=O) groups excluding carboxylic acids is 2. The van der Waals surface area contributed by atoms with Crippen LogP contribution in [-0.4, -0.2) is 46.6 Å². The average molecular weight is 424 g/mol. The highest BCUT2D eigenvalue weighted by atomic mass is 16.5. The Bertz CT molecular complexity index is 1010. The Morgan fingerprint density at radius 3 is 2.61 bits per heavy atom. The van der Waals surface area contributed by atoms with Crippen LogP contribution in [0.25, 0.3) is 5.76 Å². The van der Waals surface area contributed by atoms with Crippen LogP contribution in [0.1, 0.15) is 48.1 Å². The first-order valence-corrected chi connectivity index (χ1v) is 10.6. The Morgan fingerprint density at radius 1 is 1.13 bits per heavy atom. The summed E-state index contributed by atoms with van der Waals surface area (Å²) >= 11 is 0. The van der Waals surface area contributed by atoms with E-state index in [0.29, 0.717) is 23.4 Å². The first kappa shape index (κ1) is 22.6. The number of ether oxygens (including phenoxy) is 1. The van der Waals surface area contributed by atoms with Gasteiger partial charge in [-0.25, -0.2) is 0 Å². The fourth-order valence-corrected chi connectivity index (χ4v) is 3.86. The van der Waals surface area contributed by atoms with E-state index in [-0.39, 0.29) is 24.5 Å². The molecule has 0 bridgehead atoms. The van der Waals surface area contributed by atoms with E-state index in [1.165, 1.54) is 4.90 Å². The number of nitrogens with zero attached hydrogens (tertiary/aromatic N) is 1. The van der Waals surface area contributed by atoms with Crippen LogP contribution >= 0.6 is 0 Å². The molecule has 1 unspecified atom stereocenters. The molecule has 0 spiro atoms. The highest BCUT2D eigenvalue weighted by molar-refractivity contribution is 6.46. The van der Waals surface area contributed by atoms with Gasteiger partial charge in [0.05, 0.1) is 18.2 Å². The Labute approximate surface area is 182 Å². The molecule has 1 amide bonds. The molecule has 1 fully saturated rings. The van der Waals surface area contributed by atoms with Crippen molar-refractivity contribution in [2.75, 3.05) is 19.8 Å². The van der Waals surface area contributed by atoms with Crippen LogP contribution in [0.15, 0.2) is 48.0 Å². The van der Waals surface area contributed by atoms with Crippen LogP contribution in [-0.2, 0) is 9.59 Å². The van der Waals surface area contributed by atoms with E-state index in [9.17, 15) is 14.7 Å². The average Bonchev–Trinajstić information content (AvgIpc) is 3.02. The summed E-state index contributed by atoms with van der Waals surface area (Å²) in [5.74, 6) is -0.919. The number of aliphatic hydroxyl groups is 2. The smallest absolute Gasteiger partial charge is 0.295 e. The van der Waals surface area contributed by atoms with E-state index >= 15 is 0 Å². The summed E-state index contributed by atoms with van der Waals surface area (Å²) in [5.41, 5.74) is 3.09. The third-order valence-corrected chi connectivity index (χ3v) is 5.47. The summed E-state index contributed by atoms with van der Waals surface area (Å²) in [5, 5.41) is 20.3. The molecule has 1 heterocycles. The predicted molar refractivity (Wildman–Crippen MR) is 119 cm³/mol. The van der Waals surface area contributed by atoms with Gasteiger partial charge in [-0.15, -0.1) is 0 Å². The largest absolute Gasteiger partial charge is 0.507 e. The molecule has 164 valence electrons. The topological polar surface area (TPSA) is 87.1 Å². The van der Waals surface area contributed by atoms with Crippen LogP contribution in [0, 0.1) is 13.8 Å². The highest BCUT2D eigenvalue weighted by Crippen LogP contribution is 2.40. The van der Waals surface area contributed by atoms with Crippen molar-refractivity contribution in [2.24, 2.45) is 0 Å². The number of hydrogen-bond donors (Lipinski definition) is 2. The van der Waals surface area contributed by atoms with Gasteiger partial charge in [0.25, 0.3) is 11.7 Å². The molecule has 1 saturated heterocycles. The minimum atomic E-state index is -0.705. The van der Waals surface area contributed by atoms with Crippen molar-refractivity contribution in [3.05, 3.63) is 70.3 Å². The van der Waals surface area contributed by atoms with Gasteiger partial charge in [0.1, 0.15) is 18.1 Å². The number of benzene rings is 2. The SMILES string of the molecule is CCCCN1C(=O)C(=O)/C(=C(/O)c2cc(C)ccc2C)C1c1cccc(OCCO)c1. The first-order chi connectivity index (χ1) is 14.9. The number of likely N-dealkylation sites (tertiary alicyclic amines) is 1. The van der Waals surface area contributed by atoms with Crippen molar-refractivity contribution in [2.45, 2.75) is 39.7 Å². The van der Waals surface area contributed by atoms with Crippen molar-refractivity contribution in [3.63, 3.8) is 0 Å². The molecule has 1 aliphatic heterocycles. The molecule has 31 heavy (non-hydrogen) atoms. The van der Waals surface area contributed by atoms with Crippen molar-refractivity contribution in [1.29, 1.82) is 0 Å². The zero-order valence-corrected chi connectivity index (χ0v) is 18.2. The minimum absolute atomic E-state index is 0.0918. The molecule has 6 nitrogen and oxygen atoms in total. The number of amides is 1. The summed E-state index contributed by atoms with van der Waals surface area (Å²) in [6, 6.07) is 12.0. The van der Waals surface area contributed by atoms with E-state index in [0.717, 1.165) is 24.0 Å². The highest BCUT2D eigenvalue weighted by Gasteiger charge is 2.45. The van der Waals surface area contributed by atoms with E-state index < -0.39 is 17.7 Å². The third kappa shape index (κ3) is 4.64. The van der Waals surface area contributed by atoms with E-state index in [2.05, 4.69) is 0 Å². The summed E-state index contributed by atoms with van der Waals surface area (Å²) in [6.45, 7) is 6.23. The van der Waals surface area contributed by atoms with E-state index in [1.54, 1.807) is 18.2 Å². The van der Waals surface area contributed by atoms with Crippen molar-refractivity contribution in [1.82, 2.24) is 4.90 Å². The van der Waals surface area contributed by atoms with Crippen LogP contribution in [0.2, 0.25) is 0 Å². The summed E-state index contributed by atoms with van der Waals surface area (Å²) in [6.07, 6.45) is 1.61. The molecule has 0 aromatic heterocycles. The Balaban J connectivity index is 2.17. The number of hydrogen-bond acceptors (Lipinski definition) is 5. The zero-order valence-electron chi connectivity index (χ0n) is 18.2. The number of carbonyl (C=O) groups is 2. The summed E-state index contributed by atoms with van der Waals surface area (Å²) in [7, 11) is 0. The van der Waals surface area contributed by atoms with Crippen molar-refractivity contribution in [3.8, 4) is 5.75 Å². The van der Waals surface area contributed by atoms with Gasteiger partial charge in [0, 0.05) is 12.1 Å². The quantitative estimate of drug-likeness (QED) is 0.382. The summed E-state index contributed by atoms with van der Waals surface area (Å²) < 4.78 is 5.52. The monoisotopic (exact) mass is 423 g/mol. The van der Waals surface area contributed by atoms with Gasteiger partial charge in [-0.1, -0.05) is 43.2 Å². The number of rotatable bonds is 8. The molecule has 2 N–H and O–H groups in total. The second-order valence-corrected chi connectivity index (χ2v) is 7.81. The second-order valence-electron chi connectivity index (χ2n) is 7.81. The molecule has 2 aromatic rings. The lowest BCUT2D eigenvalue weighted by Gasteiger charge is -2.25. The van der Waals surface area contributed by atoms with Crippen LogP contribution in [0.5, 0.6) is 5.75 Å². The molecule has 1 aliphatic rings. The number of unbranched alkanes of at least 4 members (excludes halogenated alkanes) is 1. The zero-order chi connectivity index (χ0) is 22.5. The Hall–Kier alpha value is -3.12. The lowest BCUT2D eigenvalue weighted by Crippen LogP contribution is -2.30. The van der Waals surface area contributed by atoms with Crippen LogP contribution in [0.3, 0.4) is 0 Å².